The number of hydrogen-bond donors (Lipinski definition) is 2. The summed E-state index contributed by atoms with van der Waals surface area (Å²) in [5.74, 6) is 0.905. The summed E-state index contributed by atoms with van der Waals surface area (Å²) in [6, 6.07) is 0.348. The topological polar surface area (TPSA) is 50.4 Å². The Morgan fingerprint density at radius 3 is 2.50 bits per heavy atom. The fourth-order valence-corrected chi connectivity index (χ4v) is 3.11. The molecule has 0 aromatic heterocycles. The molecule has 2 N–H and O–H groups in total. The number of amides is 1. The van der Waals surface area contributed by atoms with Crippen molar-refractivity contribution in [1.82, 2.24) is 10.6 Å². The first kappa shape index (κ1) is 19.3. The summed E-state index contributed by atoms with van der Waals surface area (Å²) in [6.07, 6.45) is 10.2. The van der Waals surface area contributed by atoms with Crippen LogP contribution in [0.1, 0.15) is 79.1 Å². The zero-order chi connectivity index (χ0) is 16.4. The van der Waals surface area contributed by atoms with Gasteiger partial charge in [-0.3, -0.25) is 0 Å². The Labute approximate surface area is 136 Å². The summed E-state index contributed by atoms with van der Waals surface area (Å²) in [7, 11) is 0. The van der Waals surface area contributed by atoms with E-state index < -0.39 is 5.60 Å². The van der Waals surface area contributed by atoms with Gasteiger partial charge in [-0.2, -0.15) is 0 Å². The van der Waals surface area contributed by atoms with Crippen LogP contribution in [-0.4, -0.2) is 30.8 Å². The molecule has 0 aliphatic heterocycles. The molecule has 1 amide bonds. The smallest absolute Gasteiger partial charge is 0.407 e. The van der Waals surface area contributed by atoms with Gasteiger partial charge in [0.2, 0.25) is 0 Å². The first-order valence-corrected chi connectivity index (χ1v) is 9.11. The van der Waals surface area contributed by atoms with Crippen molar-refractivity contribution in [2.24, 2.45) is 5.92 Å². The molecule has 4 heteroatoms. The van der Waals surface area contributed by atoms with Crippen molar-refractivity contribution < 1.29 is 9.53 Å². The van der Waals surface area contributed by atoms with E-state index in [1.807, 2.05) is 20.8 Å². The van der Waals surface area contributed by atoms with Crippen molar-refractivity contribution in [1.29, 1.82) is 0 Å². The Morgan fingerprint density at radius 1 is 1.23 bits per heavy atom. The highest BCUT2D eigenvalue weighted by Crippen LogP contribution is 2.25. The van der Waals surface area contributed by atoms with Gasteiger partial charge in [-0.25, -0.2) is 4.79 Å². The van der Waals surface area contributed by atoms with Crippen LogP contribution in [0.25, 0.3) is 0 Å². The molecule has 22 heavy (non-hydrogen) atoms. The molecule has 1 unspecified atom stereocenters. The van der Waals surface area contributed by atoms with E-state index in [9.17, 15) is 4.79 Å². The maximum absolute atomic E-state index is 11.7. The molecule has 0 saturated heterocycles. The third-order valence-electron chi connectivity index (χ3n) is 4.24. The summed E-state index contributed by atoms with van der Waals surface area (Å²) in [6.45, 7) is 9.55. The van der Waals surface area contributed by atoms with Crippen molar-refractivity contribution in [3.63, 3.8) is 0 Å². The Hall–Kier alpha value is -0.770. The minimum Gasteiger partial charge on any atom is -0.444 e. The van der Waals surface area contributed by atoms with E-state index in [-0.39, 0.29) is 6.09 Å². The standard InChI is InChI=1S/C18H36N2O2/c1-5-9-16(14-20-17(21)22-18(2,3)4)19-13-12-15-10-7-6-8-11-15/h15-16,19H,5-14H2,1-4H3,(H,20,21). The molecule has 1 atom stereocenters. The average Bonchev–Trinajstić information content (AvgIpc) is 2.44. The predicted octanol–water partition coefficient (Wildman–Crippen LogP) is 4.24. The average molecular weight is 312 g/mol. The molecule has 0 aromatic rings. The molecule has 1 fully saturated rings. The number of carbonyl (C=O) groups is 1. The Balaban J connectivity index is 2.21. The summed E-state index contributed by atoms with van der Waals surface area (Å²) < 4.78 is 5.29. The number of ether oxygens (including phenoxy) is 1. The lowest BCUT2D eigenvalue weighted by atomic mass is 9.87. The fraction of sp³-hybridized carbons (Fsp3) is 0.944. The van der Waals surface area contributed by atoms with Crippen LogP contribution in [0.3, 0.4) is 0 Å². The van der Waals surface area contributed by atoms with E-state index >= 15 is 0 Å². The molecule has 1 aliphatic rings. The van der Waals surface area contributed by atoms with E-state index in [1.54, 1.807) is 0 Å². The molecular formula is C18H36N2O2. The molecule has 1 aliphatic carbocycles. The van der Waals surface area contributed by atoms with Crippen LogP contribution in [0.15, 0.2) is 0 Å². The van der Waals surface area contributed by atoms with Crippen molar-refractivity contribution in [2.75, 3.05) is 13.1 Å². The van der Waals surface area contributed by atoms with Gasteiger partial charge in [-0.15, -0.1) is 0 Å². The van der Waals surface area contributed by atoms with Crippen LogP contribution in [-0.2, 0) is 4.74 Å². The Kier molecular flexibility index (Phi) is 8.84. The number of nitrogens with one attached hydrogen (secondary N) is 2. The zero-order valence-electron chi connectivity index (χ0n) is 15.0. The Bertz CT molecular complexity index is 307. The van der Waals surface area contributed by atoms with Crippen molar-refractivity contribution in [2.45, 2.75) is 90.7 Å². The van der Waals surface area contributed by atoms with E-state index in [0.717, 1.165) is 25.3 Å². The van der Waals surface area contributed by atoms with E-state index in [2.05, 4.69) is 17.6 Å². The van der Waals surface area contributed by atoms with Gasteiger partial charge in [-0.1, -0.05) is 45.4 Å². The minimum absolute atomic E-state index is 0.317. The van der Waals surface area contributed by atoms with Crippen LogP contribution in [0.4, 0.5) is 4.79 Å². The van der Waals surface area contributed by atoms with Crippen LogP contribution in [0.2, 0.25) is 0 Å². The quantitative estimate of drug-likeness (QED) is 0.705. The van der Waals surface area contributed by atoms with Gasteiger partial charge in [-0.05, 0) is 46.1 Å². The lowest BCUT2D eigenvalue weighted by Gasteiger charge is -2.25. The van der Waals surface area contributed by atoms with Gasteiger partial charge >= 0.3 is 6.09 Å². The second-order valence-electron chi connectivity index (χ2n) is 7.62. The van der Waals surface area contributed by atoms with Crippen LogP contribution >= 0.6 is 0 Å². The molecular weight excluding hydrogens is 276 g/mol. The van der Waals surface area contributed by atoms with Gasteiger partial charge in [0.05, 0.1) is 0 Å². The third-order valence-corrected chi connectivity index (χ3v) is 4.24. The van der Waals surface area contributed by atoms with E-state index in [4.69, 9.17) is 4.74 Å². The second kappa shape index (κ2) is 10.1. The van der Waals surface area contributed by atoms with Gasteiger partial charge in [0.1, 0.15) is 5.60 Å². The molecule has 1 saturated carbocycles. The number of rotatable bonds is 8. The maximum atomic E-state index is 11.7. The highest BCUT2D eigenvalue weighted by Gasteiger charge is 2.18. The summed E-state index contributed by atoms with van der Waals surface area (Å²) in [5, 5.41) is 6.50. The molecule has 4 nitrogen and oxygen atoms in total. The molecule has 0 heterocycles. The van der Waals surface area contributed by atoms with Gasteiger partial charge in [0.25, 0.3) is 0 Å². The predicted molar refractivity (Wildman–Crippen MR) is 92.1 cm³/mol. The molecule has 1 rings (SSSR count). The van der Waals surface area contributed by atoms with E-state index in [1.165, 1.54) is 38.5 Å². The lowest BCUT2D eigenvalue weighted by molar-refractivity contribution is 0.0521. The monoisotopic (exact) mass is 312 g/mol. The molecule has 0 bridgehead atoms. The van der Waals surface area contributed by atoms with Gasteiger partial charge in [0.15, 0.2) is 0 Å². The SMILES string of the molecule is CCCC(CNC(=O)OC(C)(C)C)NCCC1CCCCC1. The number of alkyl carbamates (subject to hydrolysis) is 1. The molecule has 0 aromatic carbocycles. The highest BCUT2D eigenvalue weighted by atomic mass is 16.6. The van der Waals surface area contributed by atoms with Crippen LogP contribution in [0, 0.1) is 5.92 Å². The lowest BCUT2D eigenvalue weighted by Crippen LogP contribution is -2.43. The summed E-state index contributed by atoms with van der Waals surface area (Å²) >= 11 is 0. The normalized spacial score (nSPS) is 18.0. The van der Waals surface area contributed by atoms with Crippen molar-refractivity contribution >= 4 is 6.09 Å². The fourth-order valence-electron chi connectivity index (χ4n) is 3.11. The number of carbonyl (C=O) groups excluding carboxylic acids is 1. The number of hydrogen-bond acceptors (Lipinski definition) is 3. The maximum Gasteiger partial charge on any atom is 0.407 e. The largest absolute Gasteiger partial charge is 0.444 e. The van der Waals surface area contributed by atoms with Crippen LogP contribution < -0.4 is 10.6 Å². The summed E-state index contributed by atoms with van der Waals surface area (Å²) in [5.41, 5.74) is -0.432. The van der Waals surface area contributed by atoms with Gasteiger partial charge < -0.3 is 15.4 Å². The van der Waals surface area contributed by atoms with Crippen molar-refractivity contribution in [3.8, 4) is 0 Å². The first-order chi connectivity index (χ1) is 10.4. The molecule has 0 spiro atoms. The first-order valence-electron chi connectivity index (χ1n) is 9.11. The highest BCUT2D eigenvalue weighted by molar-refractivity contribution is 5.67. The zero-order valence-corrected chi connectivity index (χ0v) is 15.0. The Morgan fingerprint density at radius 2 is 1.91 bits per heavy atom. The van der Waals surface area contributed by atoms with Gasteiger partial charge in [0, 0.05) is 12.6 Å². The third kappa shape index (κ3) is 9.29. The minimum atomic E-state index is -0.432. The van der Waals surface area contributed by atoms with E-state index in [0.29, 0.717) is 12.6 Å². The molecule has 130 valence electrons. The summed E-state index contributed by atoms with van der Waals surface area (Å²) in [4.78, 5) is 11.7. The van der Waals surface area contributed by atoms with Crippen molar-refractivity contribution in [3.05, 3.63) is 0 Å². The second-order valence-corrected chi connectivity index (χ2v) is 7.62. The molecule has 0 radical (unpaired) electrons. The van der Waals surface area contributed by atoms with Crippen LogP contribution in [0.5, 0.6) is 0 Å².